The van der Waals surface area contributed by atoms with Crippen molar-refractivity contribution >= 4 is 40.9 Å². The molecular weight excluding hydrogens is 562 g/mol. The van der Waals surface area contributed by atoms with Crippen LogP contribution >= 0.6 is 0 Å². The Labute approximate surface area is 248 Å². The Morgan fingerprint density at radius 1 is 0.907 bits per heavy atom. The lowest BCUT2D eigenvalue weighted by Crippen LogP contribution is -2.42. The molecule has 228 valence electrons. The molecule has 4 amide bonds. The van der Waals surface area contributed by atoms with Gasteiger partial charge in [0.2, 0.25) is 5.91 Å². The molecule has 0 aliphatic heterocycles. The third-order valence-electron chi connectivity index (χ3n) is 6.27. The number of carbonyl (C=O) groups excluding carboxylic acids is 3. The minimum Gasteiger partial charge on any atom is -0.484 e. The predicted molar refractivity (Wildman–Crippen MR) is 158 cm³/mol. The van der Waals surface area contributed by atoms with Crippen LogP contribution in [0.1, 0.15) is 25.8 Å². The molecule has 10 nitrogen and oxygen atoms in total. The third-order valence-corrected chi connectivity index (χ3v) is 6.27. The Morgan fingerprint density at radius 3 is 2.28 bits per heavy atom. The van der Waals surface area contributed by atoms with Gasteiger partial charge in [-0.05, 0) is 54.3 Å². The summed E-state index contributed by atoms with van der Waals surface area (Å²) in [5.41, 5.74) is 1.42. The second kappa shape index (κ2) is 15.3. The van der Waals surface area contributed by atoms with E-state index in [0.717, 1.165) is 17.0 Å². The van der Waals surface area contributed by atoms with Crippen LogP contribution in [0.5, 0.6) is 5.75 Å². The number of nitrogens with zero attached hydrogens (tertiary/aromatic N) is 2. The van der Waals surface area contributed by atoms with Crippen molar-refractivity contribution in [3.05, 3.63) is 83.9 Å². The summed E-state index contributed by atoms with van der Waals surface area (Å²) in [6.45, 7) is 3.63. The molecule has 0 saturated heterocycles. The molecule has 12 heteroatoms. The highest BCUT2D eigenvalue weighted by molar-refractivity contribution is 5.98. The monoisotopic (exact) mass is 596 g/mol. The molecule has 3 aromatic carbocycles. The highest BCUT2D eigenvalue weighted by Gasteiger charge is 2.19. The van der Waals surface area contributed by atoms with Gasteiger partial charge in [-0.1, -0.05) is 32.0 Å². The minimum absolute atomic E-state index is 0.0369. The van der Waals surface area contributed by atoms with Crippen molar-refractivity contribution in [2.24, 2.45) is 5.92 Å². The summed E-state index contributed by atoms with van der Waals surface area (Å²) in [6, 6.07) is 15.1. The lowest BCUT2D eigenvalue weighted by Gasteiger charge is -2.25. The fourth-order valence-electron chi connectivity index (χ4n) is 4.01. The van der Waals surface area contributed by atoms with E-state index in [1.54, 1.807) is 42.5 Å². The number of likely N-dealkylation sites (N-methyl/N-ethyl adjacent to an activating group) is 1. The molecule has 0 aromatic heterocycles. The highest BCUT2D eigenvalue weighted by atomic mass is 19.1. The lowest BCUT2D eigenvalue weighted by molar-refractivity contribution is -0.136. The summed E-state index contributed by atoms with van der Waals surface area (Å²) in [4.78, 5) is 51.8. The molecule has 0 aliphatic rings. The molecule has 0 atom stereocenters. The molecular formula is C31H34F2N4O6. The van der Waals surface area contributed by atoms with Gasteiger partial charge >= 0.3 is 12.0 Å². The molecule has 0 radical (unpaired) electrons. The lowest BCUT2D eigenvalue weighted by atomic mass is 10.1. The molecule has 43 heavy (non-hydrogen) atoms. The van der Waals surface area contributed by atoms with Gasteiger partial charge in [-0.3, -0.25) is 14.4 Å². The zero-order valence-corrected chi connectivity index (χ0v) is 24.1. The van der Waals surface area contributed by atoms with E-state index in [4.69, 9.17) is 9.84 Å². The smallest absolute Gasteiger partial charge is 0.319 e. The average Bonchev–Trinajstić information content (AvgIpc) is 2.94. The third kappa shape index (κ3) is 10.4. The van der Waals surface area contributed by atoms with Crippen LogP contribution in [-0.4, -0.2) is 55.7 Å². The van der Waals surface area contributed by atoms with Gasteiger partial charge in [0, 0.05) is 42.8 Å². The molecule has 0 fully saturated rings. The van der Waals surface area contributed by atoms with Crippen LogP contribution in [0.3, 0.4) is 0 Å². The first-order chi connectivity index (χ1) is 20.4. The fraction of sp³-hybridized carbons (Fsp3) is 0.290. The maximum absolute atomic E-state index is 13.6. The van der Waals surface area contributed by atoms with E-state index >= 15 is 0 Å². The first-order valence-corrected chi connectivity index (χ1v) is 13.5. The zero-order chi connectivity index (χ0) is 31.5. The Kier molecular flexibility index (Phi) is 11.6. The van der Waals surface area contributed by atoms with Crippen LogP contribution in [0.4, 0.5) is 30.6 Å². The summed E-state index contributed by atoms with van der Waals surface area (Å²) >= 11 is 0. The zero-order valence-electron chi connectivity index (χ0n) is 24.1. The van der Waals surface area contributed by atoms with Crippen molar-refractivity contribution in [3.63, 3.8) is 0 Å². The fourth-order valence-corrected chi connectivity index (χ4v) is 4.01. The number of anilines is 3. The number of rotatable bonds is 13. The number of amides is 4. The standard InChI is InChI=1S/C31H34F2N4O6/c1-20(2)10-11-37(28(38)18-34-31(42)35-24-7-4-6-21(12-24)13-30(40)41)25-8-5-9-27(17-25)43-19-29(39)36(3)26-15-22(32)14-23(33)16-26/h4-9,12,14-17,20H,10-11,13,18-19H2,1-3H3,(H,40,41)(H2,34,35,42). The minimum atomic E-state index is -0.998. The Bertz CT molecular complexity index is 1450. The van der Waals surface area contributed by atoms with E-state index in [-0.39, 0.29) is 24.6 Å². The van der Waals surface area contributed by atoms with Crippen molar-refractivity contribution in [2.75, 3.05) is 41.9 Å². The van der Waals surface area contributed by atoms with E-state index in [1.165, 1.54) is 18.0 Å². The van der Waals surface area contributed by atoms with Gasteiger partial charge in [-0.25, -0.2) is 13.6 Å². The number of benzene rings is 3. The number of hydrogen-bond donors (Lipinski definition) is 3. The quantitative estimate of drug-likeness (QED) is 0.259. The van der Waals surface area contributed by atoms with Crippen molar-refractivity contribution in [1.82, 2.24) is 5.32 Å². The topological polar surface area (TPSA) is 128 Å². The van der Waals surface area contributed by atoms with Gasteiger partial charge in [0.1, 0.15) is 17.4 Å². The van der Waals surface area contributed by atoms with Crippen LogP contribution in [0.15, 0.2) is 66.7 Å². The maximum atomic E-state index is 13.6. The second-order valence-electron chi connectivity index (χ2n) is 10.2. The van der Waals surface area contributed by atoms with E-state index in [0.29, 0.717) is 41.7 Å². The SMILES string of the molecule is CC(C)CCN(C(=O)CNC(=O)Nc1cccc(CC(=O)O)c1)c1cccc(OCC(=O)N(C)c2cc(F)cc(F)c2)c1. The van der Waals surface area contributed by atoms with E-state index < -0.39 is 42.1 Å². The number of nitrogens with one attached hydrogen (secondary N) is 2. The number of carboxylic acids is 1. The van der Waals surface area contributed by atoms with Crippen LogP contribution in [-0.2, 0) is 20.8 Å². The normalized spacial score (nSPS) is 10.7. The molecule has 3 aromatic rings. The summed E-state index contributed by atoms with van der Waals surface area (Å²) in [5, 5.41) is 14.1. The first-order valence-electron chi connectivity index (χ1n) is 13.5. The molecule has 3 N–H and O–H groups in total. The summed E-state index contributed by atoms with van der Waals surface area (Å²) in [6.07, 6.45) is 0.480. The van der Waals surface area contributed by atoms with Gasteiger partial charge in [0.15, 0.2) is 6.61 Å². The molecule has 0 unspecified atom stereocenters. The number of hydrogen-bond acceptors (Lipinski definition) is 5. The van der Waals surface area contributed by atoms with Crippen molar-refractivity contribution < 1.29 is 37.8 Å². The number of halogens is 2. The molecule has 0 bridgehead atoms. The Hall–Kier alpha value is -5.00. The van der Waals surface area contributed by atoms with Crippen molar-refractivity contribution in [2.45, 2.75) is 26.7 Å². The number of carboxylic acid groups (broad SMARTS) is 1. The molecule has 3 rings (SSSR count). The van der Waals surface area contributed by atoms with Gasteiger partial charge in [-0.15, -0.1) is 0 Å². The van der Waals surface area contributed by atoms with Crippen LogP contribution in [0.2, 0.25) is 0 Å². The van der Waals surface area contributed by atoms with Gasteiger partial charge in [0.05, 0.1) is 13.0 Å². The number of urea groups is 1. The Balaban J connectivity index is 1.64. The van der Waals surface area contributed by atoms with E-state index in [2.05, 4.69) is 10.6 Å². The van der Waals surface area contributed by atoms with Gasteiger partial charge < -0.3 is 30.3 Å². The summed E-state index contributed by atoms with van der Waals surface area (Å²) < 4.78 is 32.8. The maximum Gasteiger partial charge on any atom is 0.319 e. The average molecular weight is 597 g/mol. The number of carbonyl (C=O) groups is 4. The van der Waals surface area contributed by atoms with Gasteiger partial charge in [-0.2, -0.15) is 0 Å². The molecule has 0 heterocycles. The van der Waals surface area contributed by atoms with Crippen LogP contribution in [0, 0.1) is 17.6 Å². The van der Waals surface area contributed by atoms with Crippen molar-refractivity contribution in [1.29, 1.82) is 0 Å². The highest BCUT2D eigenvalue weighted by Crippen LogP contribution is 2.23. The van der Waals surface area contributed by atoms with Crippen molar-refractivity contribution in [3.8, 4) is 5.75 Å². The van der Waals surface area contributed by atoms with E-state index in [1.807, 2.05) is 13.8 Å². The van der Waals surface area contributed by atoms with Gasteiger partial charge in [0.25, 0.3) is 5.91 Å². The van der Waals surface area contributed by atoms with Crippen LogP contribution < -0.4 is 25.2 Å². The predicted octanol–water partition coefficient (Wildman–Crippen LogP) is 4.83. The Morgan fingerprint density at radius 2 is 1.60 bits per heavy atom. The molecule has 0 saturated carbocycles. The largest absolute Gasteiger partial charge is 0.484 e. The second-order valence-corrected chi connectivity index (χ2v) is 10.2. The van der Waals surface area contributed by atoms with Crippen LogP contribution in [0.25, 0.3) is 0 Å². The number of aliphatic carboxylic acids is 1. The molecule has 0 spiro atoms. The van der Waals surface area contributed by atoms with E-state index in [9.17, 15) is 28.0 Å². The summed E-state index contributed by atoms with van der Waals surface area (Å²) in [5.74, 6) is -2.99. The number of ether oxygens (including phenoxy) is 1. The first kappa shape index (κ1) is 32.5. The summed E-state index contributed by atoms with van der Waals surface area (Å²) in [7, 11) is 1.37. The molecule has 0 aliphatic carbocycles.